The van der Waals surface area contributed by atoms with E-state index >= 15 is 0 Å². The van der Waals surface area contributed by atoms with Gasteiger partial charge >= 0.3 is 0 Å². The number of rotatable bonds is 6. The molecule has 0 spiro atoms. The Bertz CT molecular complexity index is 797. The number of piperidine rings is 1. The lowest BCUT2D eigenvalue weighted by atomic mass is 9.93. The Kier molecular flexibility index (Phi) is 6.06. The standard InChI is InChI=1S/C21H25N3O3/c1-15-5-6-19(13-23-15)27-14-17-3-2-4-18(11-17)21(26)24-9-7-16(8-10-24)12-20(22)25/h2-6,11,13,16H,7-10,12,14H2,1H3,(H2,22,25). The van der Waals surface area contributed by atoms with Gasteiger partial charge in [-0.3, -0.25) is 14.6 Å². The maximum atomic E-state index is 12.8. The molecule has 2 amide bonds. The van der Waals surface area contributed by atoms with Gasteiger partial charge in [0.1, 0.15) is 12.4 Å². The number of hydrogen-bond donors (Lipinski definition) is 1. The summed E-state index contributed by atoms with van der Waals surface area (Å²) < 4.78 is 5.75. The quantitative estimate of drug-likeness (QED) is 0.851. The van der Waals surface area contributed by atoms with Gasteiger partial charge in [0.25, 0.3) is 5.91 Å². The zero-order valence-electron chi connectivity index (χ0n) is 15.6. The third kappa shape index (κ3) is 5.29. The normalized spacial score (nSPS) is 14.8. The average Bonchev–Trinajstić information content (AvgIpc) is 2.67. The van der Waals surface area contributed by atoms with Crippen LogP contribution in [0.5, 0.6) is 5.75 Å². The molecule has 0 aliphatic carbocycles. The van der Waals surface area contributed by atoms with Crippen molar-refractivity contribution in [2.45, 2.75) is 32.8 Å². The summed E-state index contributed by atoms with van der Waals surface area (Å²) in [4.78, 5) is 29.9. The second-order valence-corrected chi connectivity index (χ2v) is 7.03. The molecule has 1 aliphatic heterocycles. The molecule has 1 aliphatic rings. The van der Waals surface area contributed by atoms with Crippen LogP contribution in [-0.2, 0) is 11.4 Å². The number of likely N-dealkylation sites (tertiary alicyclic amines) is 1. The number of aromatic nitrogens is 1. The van der Waals surface area contributed by atoms with E-state index in [-0.39, 0.29) is 17.7 Å². The zero-order chi connectivity index (χ0) is 19.2. The number of nitrogens with zero attached hydrogens (tertiary/aromatic N) is 2. The topological polar surface area (TPSA) is 85.5 Å². The molecule has 1 saturated heterocycles. The number of pyridine rings is 1. The minimum absolute atomic E-state index is 0.0198. The molecule has 2 heterocycles. The van der Waals surface area contributed by atoms with Crippen LogP contribution >= 0.6 is 0 Å². The van der Waals surface area contributed by atoms with Gasteiger partial charge in [0.05, 0.1) is 6.20 Å². The average molecular weight is 367 g/mol. The Labute approximate surface area is 159 Å². The number of ether oxygens (including phenoxy) is 1. The molecule has 6 heteroatoms. The van der Waals surface area contributed by atoms with Gasteiger partial charge < -0.3 is 15.4 Å². The highest BCUT2D eigenvalue weighted by Crippen LogP contribution is 2.22. The first-order chi connectivity index (χ1) is 13.0. The molecule has 0 unspecified atom stereocenters. The highest BCUT2D eigenvalue weighted by Gasteiger charge is 2.24. The van der Waals surface area contributed by atoms with Gasteiger partial charge in [0, 0.05) is 30.8 Å². The van der Waals surface area contributed by atoms with Crippen LogP contribution in [0.2, 0.25) is 0 Å². The molecule has 0 saturated carbocycles. The maximum Gasteiger partial charge on any atom is 0.253 e. The summed E-state index contributed by atoms with van der Waals surface area (Å²) in [5.74, 6) is 0.742. The fourth-order valence-corrected chi connectivity index (χ4v) is 3.31. The second kappa shape index (κ2) is 8.66. The van der Waals surface area contributed by atoms with Gasteiger partial charge in [-0.2, -0.15) is 0 Å². The van der Waals surface area contributed by atoms with Gasteiger partial charge in [-0.25, -0.2) is 0 Å². The number of carbonyl (C=O) groups excluding carboxylic acids is 2. The van der Waals surface area contributed by atoms with E-state index in [4.69, 9.17) is 10.5 Å². The third-order valence-corrected chi connectivity index (χ3v) is 4.86. The summed E-state index contributed by atoms with van der Waals surface area (Å²) in [6, 6.07) is 11.3. The summed E-state index contributed by atoms with van der Waals surface area (Å²) in [5, 5.41) is 0. The Morgan fingerprint density at radius 2 is 2.00 bits per heavy atom. The van der Waals surface area contributed by atoms with Crippen molar-refractivity contribution < 1.29 is 14.3 Å². The lowest BCUT2D eigenvalue weighted by Gasteiger charge is -2.31. The van der Waals surface area contributed by atoms with Crippen LogP contribution in [0.1, 0.15) is 40.9 Å². The number of nitrogens with two attached hydrogens (primary N) is 1. The molecule has 0 atom stereocenters. The van der Waals surface area contributed by atoms with Crippen molar-refractivity contribution in [3.05, 3.63) is 59.4 Å². The highest BCUT2D eigenvalue weighted by atomic mass is 16.5. The van der Waals surface area contributed by atoms with Crippen LogP contribution in [0.15, 0.2) is 42.6 Å². The first-order valence-corrected chi connectivity index (χ1v) is 9.23. The van der Waals surface area contributed by atoms with E-state index in [0.29, 0.717) is 37.4 Å². The van der Waals surface area contributed by atoms with Crippen LogP contribution in [0.4, 0.5) is 0 Å². The molecule has 27 heavy (non-hydrogen) atoms. The molecule has 142 valence electrons. The Morgan fingerprint density at radius 3 is 2.67 bits per heavy atom. The number of hydrogen-bond acceptors (Lipinski definition) is 4. The van der Waals surface area contributed by atoms with Crippen molar-refractivity contribution in [1.29, 1.82) is 0 Å². The van der Waals surface area contributed by atoms with Gasteiger partial charge in [-0.1, -0.05) is 12.1 Å². The SMILES string of the molecule is Cc1ccc(OCc2cccc(C(=O)N3CCC(CC(N)=O)CC3)c2)cn1. The summed E-state index contributed by atoms with van der Waals surface area (Å²) in [7, 11) is 0. The van der Waals surface area contributed by atoms with E-state index in [1.165, 1.54) is 0 Å². The molecule has 1 aromatic heterocycles. The first-order valence-electron chi connectivity index (χ1n) is 9.23. The van der Waals surface area contributed by atoms with Crippen molar-refractivity contribution >= 4 is 11.8 Å². The lowest BCUT2D eigenvalue weighted by molar-refractivity contribution is -0.119. The zero-order valence-corrected chi connectivity index (χ0v) is 15.6. The number of carbonyl (C=O) groups is 2. The smallest absolute Gasteiger partial charge is 0.253 e. The minimum atomic E-state index is -0.267. The van der Waals surface area contributed by atoms with Crippen molar-refractivity contribution in [2.75, 3.05) is 13.1 Å². The van der Waals surface area contributed by atoms with E-state index in [1.54, 1.807) is 6.20 Å². The molecule has 1 fully saturated rings. The molecule has 2 aromatic rings. The Hall–Kier alpha value is -2.89. The summed E-state index contributed by atoms with van der Waals surface area (Å²) in [5.41, 5.74) is 7.80. The molecule has 3 rings (SSSR count). The van der Waals surface area contributed by atoms with Crippen LogP contribution < -0.4 is 10.5 Å². The summed E-state index contributed by atoms with van der Waals surface area (Å²) in [6.45, 7) is 3.63. The van der Waals surface area contributed by atoms with Gasteiger partial charge in [-0.05, 0) is 55.5 Å². The molecular weight excluding hydrogens is 342 g/mol. The van der Waals surface area contributed by atoms with E-state index in [0.717, 1.165) is 24.1 Å². The maximum absolute atomic E-state index is 12.8. The molecule has 0 bridgehead atoms. The van der Waals surface area contributed by atoms with Crippen molar-refractivity contribution in [1.82, 2.24) is 9.88 Å². The second-order valence-electron chi connectivity index (χ2n) is 7.03. The number of primary amides is 1. The number of amides is 2. The van der Waals surface area contributed by atoms with E-state index in [1.807, 2.05) is 48.2 Å². The van der Waals surface area contributed by atoms with Crippen molar-refractivity contribution in [2.24, 2.45) is 11.7 Å². The first kappa shape index (κ1) is 18.9. The van der Waals surface area contributed by atoms with Crippen LogP contribution in [0.3, 0.4) is 0 Å². The lowest BCUT2D eigenvalue weighted by Crippen LogP contribution is -2.39. The van der Waals surface area contributed by atoms with Gasteiger partial charge in [-0.15, -0.1) is 0 Å². The van der Waals surface area contributed by atoms with Crippen LogP contribution in [0, 0.1) is 12.8 Å². The summed E-state index contributed by atoms with van der Waals surface area (Å²) >= 11 is 0. The molecular formula is C21H25N3O3. The molecule has 6 nitrogen and oxygen atoms in total. The van der Waals surface area contributed by atoms with Crippen molar-refractivity contribution in [3.63, 3.8) is 0 Å². The Morgan fingerprint density at radius 1 is 1.22 bits per heavy atom. The molecule has 2 N–H and O–H groups in total. The van der Waals surface area contributed by atoms with Crippen LogP contribution in [-0.4, -0.2) is 34.8 Å². The fraction of sp³-hybridized carbons (Fsp3) is 0.381. The van der Waals surface area contributed by atoms with E-state index < -0.39 is 0 Å². The fourth-order valence-electron chi connectivity index (χ4n) is 3.31. The predicted molar refractivity (Wildman–Crippen MR) is 102 cm³/mol. The highest BCUT2D eigenvalue weighted by molar-refractivity contribution is 5.94. The van der Waals surface area contributed by atoms with Crippen LogP contribution in [0.25, 0.3) is 0 Å². The molecule has 1 aromatic carbocycles. The van der Waals surface area contributed by atoms with E-state index in [2.05, 4.69) is 4.98 Å². The minimum Gasteiger partial charge on any atom is -0.487 e. The monoisotopic (exact) mass is 367 g/mol. The predicted octanol–water partition coefficient (Wildman–Crippen LogP) is 2.70. The van der Waals surface area contributed by atoms with E-state index in [9.17, 15) is 9.59 Å². The molecule has 0 radical (unpaired) electrons. The third-order valence-electron chi connectivity index (χ3n) is 4.86. The number of benzene rings is 1. The number of aryl methyl sites for hydroxylation is 1. The van der Waals surface area contributed by atoms with Crippen molar-refractivity contribution in [3.8, 4) is 5.75 Å². The summed E-state index contributed by atoms with van der Waals surface area (Å²) in [6.07, 6.45) is 3.74. The van der Waals surface area contributed by atoms with Gasteiger partial charge in [0.2, 0.25) is 5.91 Å². The largest absolute Gasteiger partial charge is 0.487 e. The van der Waals surface area contributed by atoms with Gasteiger partial charge in [0.15, 0.2) is 0 Å². The Balaban J connectivity index is 1.57.